The molecule has 5 rings (SSSR count). The highest BCUT2D eigenvalue weighted by Gasteiger charge is 2.63. The molecule has 0 aromatic heterocycles. The standard InChI is InChI=1S/C22H33NO4/c24-19(26-20-14-11-17-18(12-14)22(25)27-21(17)20)13-23(15-7-3-1-4-8-15)16-9-5-2-6-10-16/h14-18,20-21H,1-13H2. The molecular weight excluding hydrogens is 342 g/mol. The minimum absolute atomic E-state index is 0.0583. The fourth-order valence-corrected chi connectivity index (χ4v) is 6.78. The van der Waals surface area contributed by atoms with Crippen molar-refractivity contribution < 1.29 is 19.1 Å². The van der Waals surface area contributed by atoms with E-state index in [4.69, 9.17) is 9.47 Å². The Morgan fingerprint density at radius 3 is 2.22 bits per heavy atom. The summed E-state index contributed by atoms with van der Waals surface area (Å²) in [5.74, 6) is 0.558. The third-order valence-corrected chi connectivity index (χ3v) is 8.08. The van der Waals surface area contributed by atoms with E-state index in [1.165, 1.54) is 64.2 Å². The molecule has 0 radical (unpaired) electrons. The quantitative estimate of drug-likeness (QED) is 0.689. The molecule has 5 atom stereocenters. The van der Waals surface area contributed by atoms with E-state index in [1.54, 1.807) is 0 Å². The maximum Gasteiger partial charge on any atom is 0.320 e. The predicted octanol–water partition coefficient (Wildman–Crippen LogP) is 3.45. The molecule has 4 aliphatic carbocycles. The van der Waals surface area contributed by atoms with E-state index in [0.717, 1.165) is 12.8 Å². The number of ether oxygens (including phenoxy) is 2. The Morgan fingerprint density at radius 2 is 1.59 bits per heavy atom. The lowest BCUT2D eigenvalue weighted by atomic mass is 9.88. The topological polar surface area (TPSA) is 55.8 Å². The third kappa shape index (κ3) is 3.30. The summed E-state index contributed by atoms with van der Waals surface area (Å²) in [6.45, 7) is 0.424. The van der Waals surface area contributed by atoms with Gasteiger partial charge in [-0.2, -0.15) is 0 Å². The summed E-state index contributed by atoms with van der Waals surface area (Å²) in [6.07, 6.45) is 14.2. The fourth-order valence-electron chi connectivity index (χ4n) is 6.78. The van der Waals surface area contributed by atoms with E-state index in [-0.39, 0.29) is 30.1 Å². The molecule has 0 spiro atoms. The Labute approximate surface area is 162 Å². The van der Waals surface area contributed by atoms with Crippen LogP contribution in [0.25, 0.3) is 0 Å². The largest absolute Gasteiger partial charge is 0.458 e. The number of rotatable bonds is 5. The second kappa shape index (κ2) is 7.38. The van der Waals surface area contributed by atoms with E-state index in [1.807, 2.05) is 0 Å². The Kier molecular flexibility index (Phi) is 4.91. The van der Waals surface area contributed by atoms with E-state index < -0.39 is 0 Å². The van der Waals surface area contributed by atoms with Crippen molar-refractivity contribution in [2.24, 2.45) is 17.8 Å². The lowest BCUT2D eigenvalue weighted by molar-refractivity contribution is -0.164. The molecule has 1 aliphatic heterocycles. The van der Waals surface area contributed by atoms with Crippen molar-refractivity contribution in [2.75, 3.05) is 6.54 Å². The molecule has 1 saturated heterocycles. The zero-order valence-corrected chi connectivity index (χ0v) is 16.3. The van der Waals surface area contributed by atoms with Crippen molar-refractivity contribution in [3.63, 3.8) is 0 Å². The monoisotopic (exact) mass is 375 g/mol. The van der Waals surface area contributed by atoms with Crippen LogP contribution in [-0.4, -0.2) is 47.7 Å². The number of hydrogen-bond acceptors (Lipinski definition) is 5. The van der Waals surface area contributed by atoms with Gasteiger partial charge in [-0.05, 0) is 38.5 Å². The molecule has 27 heavy (non-hydrogen) atoms. The van der Waals surface area contributed by atoms with Gasteiger partial charge in [-0.25, -0.2) is 0 Å². The highest BCUT2D eigenvalue weighted by molar-refractivity contribution is 5.77. The van der Waals surface area contributed by atoms with Gasteiger partial charge in [-0.1, -0.05) is 38.5 Å². The zero-order chi connectivity index (χ0) is 18.4. The Morgan fingerprint density at radius 1 is 0.963 bits per heavy atom. The van der Waals surface area contributed by atoms with Crippen LogP contribution in [0.5, 0.6) is 0 Å². The van der Waals surface area contributed by atoms with Gasteiger partial charge >= 0.3 is 11.9 Å². The molecule has 5 aliphatic rings. The van der Waals surface area contributed by atoms with E-state index in [9.17, 15) is 9.59 Å². The summed E-state index contributed by atoms with van der Waals surface area (Å²) in [4.78, 5) is 27.4. The van der Waals surface area contributed by atoms with Gasteiger partial charge in [-0.15, -0.1) is 0 Å². The maximum absolute atomic E-state index is 12.9. The first kappa shape index (κ1) is 18.0. The maximum atomic E-state index is 12.9. The molecule has 150 valence electrons. The molecule has 5 unspecified atom stereocenters. The summed E-state index contributed by atoms with van der Waals surface area (Å²) in [5, 5.41) is 0. The van der Waals surface area contributed by atoms with Crippen molar-refractivity contribution in [2.45, 2.75) is 101 Å². The average Bonchev–Trinajstić information content (AvgIpc) is 3.33. The van der Waals surface area contributed by atoms with Crippen LogP contribution >= 0.6 is 0 Å². The molecular formula is C22H33NO4. The Hall–Kier alpha value is -1.10. The fraction of sp³-hybridized carbons (Fsp3) is 0.909. The second-order valence-electron chi connectivity index (χ2n) is 9.61. The number of nitrogens with zero attached hydrogens (tertiary/aromatic N) is 1. The van der Waals surface area contributed by atoms with E-state index in [2.05, 4.69) is 4.90 Å². The van der Waals surface area contributed by atoms with Crippen LogP contribution in [0.2, 0.25) is 0 Å². The van der Waals surface area contributed by atoms with Gasteiger partial charge in [0.2, 0.25) is 0 Å². The van der Waals surface area contributed by atoms with Gasteiger partial charge in [0.1, 0.15) is 12.2 Å². The first-order valence-electron chi connectivity index (χ1n) is 11.4. The van der Waals surface area contributed by atoms with Crippen LogP contribution in [0.1, 0.15) is 77.0 Å². The minimum Gasteiger partial charge on any atom is -0.458 e. The van der Waals surface area contributed by atoms with Crippen molar-refractivity contribution in [1.82, 2.24) is 4.90 Å². The summed E-state index contributed by atoms with van der Waals surface area (Å²) in [6, 6.07) is 1.09. The normalized spacial score (nSPS) is 39.1. The minimum atomic E-state index is -0.190. The van der Waals surface area contributed by atoms with Gasteiger partial charge in [0.25, 0.3) is 0 Å². The second-order valence-corrected chi connectivity index (χ2v) is 9.61. The lowest BCUT2D eigenvalue weighted by Gasteiger charge is -2.41. The van der Waals surface area contributed by atoms with Gasteiger partial charge in [0, 0.05) is 23.9 Å². The number of hydrogen-bond donors (Lipinski definition) is 0. The van der Waals surface area contributed by atoms with Crippen LogP contribution in [0.4, 0.5) is 0 Å². The highest BCUT2D eigenvalue weighted by atomic mass is 16.6. The van der Waals surface area contributed by atoms with Crippen LogP contribution in [-0.2, 0) is 19.1 Å². The molecule has 5 heteroatoms. The summed E-state index contributed by atoms with van der Waals surface area (Å²) in [7, 11) is 0. The van der Waals surface area contributed by atoms with E-state index >= 15 is 0 Å². The smallest absolute Gasteiger partial charge is 0.320 e. The average molecular weight is 376 g/mol. The molecule has 0 aromatic rings. The molecule has 4 saturated carbocycles. The first-order chi connectivity index (χ1) is 13.2. The number of esters is 2. The molecule has 5 fully saturated rings. The predicted molar refractivity (Wildman–Crippen MR) is 99.9 cm³/mol. The van der Waals surface area contributed by atoms with Crippen molar-refractivity contribution >= 4 is 11.9 Å². The number of carbonyl (C=O) groups is 2. The van der Waals surface area contributed by atoms with Gasteiger partial charge in [0.15, 0.2) is 0 Å². The summed E-state index contributed by atoms with van der Waals surface area (Å²) in [5.41, 5.74) is 0. The van der Waals surface area contributed by atoms with Crippen molar-refractivity contribution in [3.05, 3.63) is 0 Å². The van der Waals surface area contributed by atoms with Gasteiger partial charge < -0.3 is 9.47 Å². The van der Waals surface area contributed by atoms with Crippen LogP contribution in [0.15, 0.2) is 0 Å². The summed E-state index contributed by atoms with van der Waals surface area (Å²) >= 11 is 0. The molecule has 0 aromatic carbocycles. The summed E-state index contributed by atoms with van der Waals surface area (Å²) < 4.78 is 11.5. The molecule has 0 N–H and O–H groups in total. The van der Waals surface area contributed by atoms with Gasteiger partial charge in [-0.3, -0.25) is 14.5 Å². The SMILES string of the molecule is O=C(CN(C1CCCCC1)C1CCCCC1)OC1C2CC3C(=O)OC1C3C2. The van der Waals surface area contributed by atoms with E-state index in [0.29, 0.717) is 30.5 Å². The molecule has 5 nitrogen and oxygen atoms in total. The number of fused-ring (bicyclic) bond motifs is 1. The lowest BCUT2D eigenvalue weighted by Crippen LogP contribution is -2.49. The third-order valence-electron chi connectivity index (χ3n) is 8.08. The van der Waals surface area contributed by atoms with Gasteiger partial charge in [0.05, 0.1) is 12.5 Å². The van der Waals surface area contributed by atoms with Crippen LogP contribution < -0.4 is 0 Å². The van der Waals surface area contributed by atoms with Crippen LogP contribution in [0, 0.1) is 17.8 Å². The van der Waals surface area contributed by atoms with Crippen LogP contribution in [0.3, 0.4) is 0 Å². The van der Waals surface area contributed by atoms with Crippen molar-refractivity contribution in [3.8, 4) is 0 Å². The first-order valence-corrected chi connectivity index (χ1v) is 11.4. The highest BCUT2D eigenvalue weighted by Crippen LogP contribution is 2.55. The van der Waals surface area contributed by atoms with Crippen molar-refractivity contribution in [1.29, 1.82) is 0 Å². The zero-order valence-electron chi connectivity index (χ0n) is 16.3. The Balaban J connectivity index is 1.24. The molecule has 1 heterocycles. The molecule has 2 bridgehead atoms. The Bertz CT molecular complexity index is 563. The molecule has 0 amide bonds. The number of carbonyl (C=O) groups excluding carboxylic acids is 2.